The number of aryl methyl sites for hydroxylation is 2. The van der Waals surface area contributed by atoms with Gasteiger partial charge in [-0.05, 0) is 37.6 Å². The zero-order valence-electron chi connectivity index (χ0n) is 17.9. The van der Waals surface area contributed by atoms with Gasteiger partial charge in [-0.1, -0.05) is 19.4 Å². The van der Waals surface area contributed by atoms with Crippen molar-refractivity contribution in [2.24, 2.45) is 7.05 Å². The third-order valence-electron chi connectivity index (χ3n) is 4.71. The second kappa shape index (κ2) is 9.56. The van der Waals surface area contributed by atoms with Crippen molar-refractivity contribution in [3.8, 4) is 23.0 Å². The molecule has 0 spiro atoms. The second-order valence-electron chi connectivity index (χ2n) is 7.45. The Hall–Kier alpha value is -3.14. The first kappa shape index (κ1) is 23.5. The van der Waals surface area contributed by atoms with Crippen molar-refractivity contribution in [3.05, 3.63) is 69.8 Å². The minimum Gasteiger partial charge on any atom is -0.418 e. The molecule has 1 aromatic carbocycles. The number of ether oxygens (including phenoxy) is 1. The predicted octanol–water partition coefficient (Wildman–Crippen LogP) is 3.94. The van der Waals surface area contributed by atoms with Crippen LogP contribution in [0.25, 0.3) is 11.3 Å². The summed E-state index contributed by atoms with van der Waals surface area (Å²) in [5.74, 6) is -2.99. The molecule has 0 N–H and O–H groups in total. The number of sulfone groups is 1. The van der Waals surface area contributed by atoms with Gasteiger partial charge in [-0.2, -0.15) is 9.97 Å². The Bertz CT molecular complexity index is 1260. The van der Waals surface area contributed by atoms with Gasteiger partial charge in [0.15, 0.2) is 21.5 Å². The van der Waals surface area contributed by atoms with E-state index in [0.717, 1.165) is 12.1 Å². The zero-order valence-corrected chi connectivity index (χ0v) is 18.7. The molecule has 3 rings (SSSR count). The summed E-state index contributed by atoms with van der Waals surface area (Å²) in [5.41, 5.74) is 1.12. The Labute approximate surface area is 184 Å². The number of hydrogen-bond acceptors (Lipinski definition) is 6. The van der Waals surface area contributed by atoms with E-state index in [1.165, 1.54) is 22.9 Å². The van der Waals surface area contributed by atoms with E-state index in [1.54, 1.807) is 20.0 Å². The van der Waals surface area contributed by atoms with Crippen LogP contribution in [-0.2, 0) is 22.6 Å². The van der Waals surface area contributed by atoms with Crippen LogP contribution in [0.15, 0.2) is 41.3 Å². The largest absolute Gasteiger partial charge is 0.418 e. The van der Waals surface area contributed by atoms with Crippen LogP contribution in [0.5, 0.6) is 11.8 Å². The minimum atomic E-state index is -3.47. The highest BCUT2D eigenvalue weighted by molar-refractivity contribution is 7.90. The summed E-state index contributed by atoms with van der Waals surface area (Å²) in [4.78, 5) is 20.3. The first-order valence-corrected chi connectivity index (χ1v) is 11.8. The van der Waals surface area contributed by atoms with Crippen LogP contribution in [0, 0.1) is 18.6 Å². The van der Waals surface area contributed by atoms with E-state index in [9.17, 15) is 22.0 Å². The number of pyridine rings is 1. The Balaban J connectivity index is 2.10. The molecule has 0 aliphatic rings. The van der Waals surface area contributed by atoms with Crippen LogP contribution in [0.4, 0.5) is 8.78 Å². The van der Waals surface area contributed by atoms with E-state index in [0.29, 0.717) is 24.0 Å². The van der Waals surface area contributed by atoms with Crippen LogP contribution in [0.3, 0.4) is 0 Å². The van der Waals surface area contributed by atoms with Gasteiger partial charge in [0.05, 0.1) is 22.9 Å². The van der Waals surface area contributed by atoms with Gasteiger partial charge >= 0.3 is 6.01 Å². The summed E-state index contributed by atoms with van der Waals surface area (Å²) in [6, 6.07) is 5.89. The normalized spacial score (nSPS) is 11.5. The summed E-state index contributed by atoms with van der Waals surface area (Å²) < 4.78 is 59.7. The van der Waals surface area contributed by atoms with Gasteiger partial charge in [0, 0.05) is 24.4 Å². The van der Waals surface area contributed by atoms with Crippen molar-refractivity contribution < 1.29 is 21.9 Å². The fraction of sp³-hybridized carbons (Fsp3) is 0.318. The standard InChI is InChI=1S/C22H23F2N3O4S/c1-4-5-9-32(29,30)13-16-11-19(15-10-14(2)21(28)27(3)12-15)26-22(25-16)31-20-17(23)7-6-8-18(20)24/h6-8,10-12H,4-5,9,13H2,1-3H3. The monoisotopic (exact) mass is 463 g/mol. The predicted molar refractivity (Wildman–Crippen MR) is 116 cm³/mol. The SMILES string of the molecule is CCCCS(=O)(=O)Cc1cc(-c2cc(C)c(=O)n(C)c2)nc(Oc2c(F)cccc2F)n1. The van der Waals surface area contributed by atoms with Crippen LogP contribution in [-0.4, -0.2) is 28.7 Å². The smallest absolute Gasteiger partial charge is 0.322 e. The highest BCUT2D eigenvalue weighted by Gasteiger charge is 2.19. The number of benzene rings is 1. The molecule has 2 aromatic heterocycles. The van der Waals surface area contributed by atoms with Crippen LogP contribution in [0.2, 0.25) is 0 Å². The van der Waals surface area contributed by atoms with Crippen molar-refractivity contribution in [1.29, 1.82) is 0 Å². The molecule has 7 nitrogen and oxygen atoms in total. The quantitative estimate of drug-likeness (QED) is 0.503. The summed E-state index contributed by atoms with van der Waals surface area (Å²) in [6.45, 7) is 3.52. The highest BCUT2D eigenvalue weighted by Crippen LogP contribution is 2.28. The third-order valence-corrected chi connectivity index (χ3v) is 6.35. The molecule has 0 aliphatic carbocycles. The number of hydrogen-bond donors (Lipinski definition) is 0. The van der Waals surface area contributed by atoms with Crippen molar-refractivity contribution in [2.45, 2.75) is 32.4 Å². The molecule has 0 atom stereocenters. The summed E-state index contributed by atoms with van der Waals surface area (Å²) in [5, 5.41) is 0. The number of halogens is 2. The zero-order chi connectivity index (χ0) is 23.5. The van der Waals surface area contributed by atoms with Gasteiger partial charge in [-0.3, -0.25) is 4.79 Å². The summed E-state index contributed by atoms with van der Waals surface area (Å²) >= 11 is 0. The molecule has 170 valence electrons. The molecular formula is C22H23F2N3O4S. The Morgan fingerprint density at radius 1 is 1.12 bits per heavy atom. The Morgan fingerprint density at radius 2 is 1.81 bits per heavy atom. The molecule has 10 heteroatoms. The topological polar surface area (TPSA) is 91.2 Å². The lowest BCUT2D eigenvalue weighted by atomic mass is 10.1. The molecule has 0 bridgehead atoms. The van der Waals surface area contributed by atoms with E-state index in [2.05, 4.69) is 9.97 Å². The maximum Gasteiger partial charge on any atom is 0.322 e. The van der Waals surface area contributed by atoms with Crippen molar-refractivity contribution in [2.75, 3.05) is 5.75 Å². The maximum atomic E-state index is 14.1. The minimum absolute atomic E-state index is 0.0140. The molecular weight excluding hydrogens is 440 g/mol. The molecule has 0 saturated heterocycles. The lowest BCUT2D eigenvalue weighted by molar-refractivity contribution is 0.381. The van der Waals surface area contributed by atoms with Crippen LogP contribution >= 0.6 is 0 Å². The third kappa shape index (κ3) is 5.56. The van der Waals surface area contributed by atoms with E-state index >= 15 is 0 Å². The fourth-order valence-corrected chi connectivity index (χ4v) is 4.56. The number of para-hydroxylation sites is 1. The molecule has 0 radical (unpaired) electrons. The van der Waals surface area contributed by atoms with Crippen molar-refractivity contribution in [1.82, 2.24) is 14.5 Å². The average molecular weight is 464 g/mol. The number of unbranched alkanes of at least 4 members (excludes halogenated alkanes) is 1. The molecule has 0 aliphatic heterocycles. The van der Waals surface area contributed by atoms with E-state index < -0.39 is 33.2 Å². The molecule has 2 heterocycles. The maximum absolute atomic E-state index is 14.1. The van der Waals surface area contributed by atoms with E-state index in [-0.39, 0.29) is 28.5 Å². The van der Waals surface area contributed by atoms with Crippen molar-refractivity contribution >= 4 is 9.84 Å². The number of aromatic nitrogens is 3. The molecule has 0 saturated carbocycles. The van der Waals surface area contributed by atoms with Crippen LogP contribution in [0.1, 0.15) is 31.0 Å². The van der Waals surface area contributed by atoms with E-state index in [1.807, 2.05) is 6.92 Å². The summed E-state index contributed by atoms with van der Waals surface area (Å²) in [6.07, 6.45) is 2.75. The van der Waals surface area contributed by atoms with Crippen molar-refractivity contribution in [3.63, 3.8) is 0 Å². The number of nitrogens with zero attached hydrogens (tertiary/aromatic N) is 3. The molecule has 0 fully saturated rings. The highest BCUT2D eigenvalue weighted by atomic mass is 32.2. The lowest BCUT2D eigenvalue weighted by Crippen LogP contribution is -2.18. The lowest BCUT2D eigenvalue weighted by Gasteiger charge is -2.12. The average Bonchev–Trinajstić information content (AvgIpc) is 2.72. The Morgan fingerprint density at radius 3 is 2.44 bits per heavy atom. The van der Waals surface area contributed by atoms with Gasteiger partial charge in [0.25, 0.3) is 5.56 Å². The Kier molecular flexibility index (Phi) is 7.02. The first-order chi connectivity index (χ1) is 15.1. The molecule has 32 heavy (non-hydrogen) atoms. The van der Waals surface area contributed by atoms with E-state index in [4.69, 9.17) is 4.74 Å². The fourth-order valence-electron chi connectivity index (χ4n) is 3.09. The first-order valence-electron chi connectivity index (χ1n) is 9.97. The number of rotatable bonds is 8. The van der Waals surface area contributed by atoms with Gasteiger partial charge in [0.1, 0.15) is 0 Å². The van der Waals surface area contributed by atoms with Gasteiger partial charge in [-0.25, -0.2) is 17.2 Å². The van der Waals surface area contributed by atoms with Crippen LogP contribution < -0.4 is 10.3 Å². The van der Waals surface area contributed by atoms with Gasteiger partial charge in [-0.15, -0.1) is 0 Å². The second-order valence-corrected chi connectivity index (χ2v) is 9.64. The molecule has 3 aromatic rings. The van der Waals surface area contributed by atoms with Gasteiger partial charge in [0.2, 0.25) is 5.75 Å². The molecule has 0 amide bonds. The summed E-state index contributed by atoms with van der Waals surface area (Å²) in [7, 11) is -1.90. The van der Waals surface area contributed by atoms with Gasteiger partial charge < -0.3 is 9.30 Å². The molecule has 0 unspecified atom stereocenters.